The van der Waals surface area contributed by atoms with Crippen molar-refractivity contribution in [2.45, 2.75) is 58.7 Å². The van der Waals surface area contributed by atoms with E-state index in [4.69, 9.17) is 4.74 Å². The van der Waals surface area contributed by atoms with Gasteiger partial charge in [0.25, 0.3) is 0 Å². The molecule has 1 aliphatic heterocycles. The Kier molecular flexibility index (Phi) is 5.25. The summed E-state index contributed by atoms with van der Waals surface area (Å²) in [6.45, 7) is 6.44. The van der Waals surface area contributed by atoms with E-state index in [0.717, 1.165) is 25.7 Å². The van der Waals surface area contributed by atoms with Gasteiger partial charge >= 0.3 is 5.97 Å². The molecule has 0 aromatic heterocycles. The molecule has 2 aliphatic rings. The second-order valence-electron chi connectivity index (χ2n) is 6.67. The zero-order valence-electron chi connectivity index (χ0n) is 13.2. The van der Waals surface area contributed by atoms with Gasteiger partial charge in [0.1, 0.15) is 0 Å². The van der Waals surface area contributed by atoms with Gasteiger partial charge in [-0.15, -0.1) is 0 Å². The van der Waals surface area contributed by atoms with Crippen LogP contribution in [0.2, 0.25) is 0 Å². The van der Waals surface area contributed by atoms with Gasteiger partial charge in [-0.2, -0.15) is 0 Å². The molecule has 0 spiro atoms. The molecule has 2 N–H and O–H groups in total. The third-order valence-corrected chi connectivity index (χ3v) is 5.31. The summed E-state index contributed by atoms with van der Waals surface area (Å²) >= 11 is 0. The summed E-state index contributed by atoms with van der Waals surface area (Å²) < 4.78 is 5.70. The third kappa shape index (κ3) is 3.57. The van der Waals surface area contributed by atoms with Crippen LogP contribution in [0.4, 0.5) is 0 Å². The van der Waals surface area contributed by atoms with Crippen LogP contribution in [0.25, 0.3) is 0 Å². The molecule has 5 nitrogen and oxygen atoms in total. The number of ether oxygens (including phenoxy) is 1. The van der Waals surface area contributed by atoms with Gasteiger partial charge in [-0.25, -0.2) is 0 Å². The predicted molar refractivity (Wildman–Crippen MR) is 78.8 cm³/mol. The molecule has 0 aromatic carbocycles. The molecular formula is C16H27NO4. The number of hydrogen-bond donors (Lipinski definition) is 2. The van der Waals surface area contributed by atoms with Crippen LogP contribution < -0.4 is 5.32 Å². The highest BCUT2D eigenvalue weighted by Gasteiger charge is 2.42. The van der Waals surface area contributed by atoms with E-state index in [0.29, 0.717) is 6.54 Å². The number of aliphatic carboxylic acids is 1. The fourth-order valence-corrected chi connectivity index (χ4v) is 3.85. The molecule has 1 aliphatic carbocycles. The monoisotopic (exact) mass is 297 g/mol. The van der Waals surface area contributed by atoms with Gasteiger partial charge in [-0.05, 0) is 38.5 Å². The van der Waals surface area contributed by atoms with Crippen molar-refractivity contribution in [2.75, 3.05) is 6.54 Å². The molecule has 1 saturated carbocycles. The Morgan fingerprint density at radius 1 is 1.14 bits per heavy atom. The third-order valence-electron chi connectivity index (χ3n) is 5.31. The minimum absolute atomic E-state index is 0.00839. The number of hydrogen-bond acceptors (Lipinski definition) is 3. The van der Waals surface area contributed by atoms with Gasteiger partial charge in [0, 0.05) is 6.54 Å². The fourth-order valence-electron chi connectivity index (χ4n) is 3.85. The van der Waals surface area contributed by atoms with Crippen LogP contribution in [0.15, 0.2) is 0 Å². The number of carbonyl (C=O) groups is 2. The van der Waals surface area contributed by atoms with Crippen molar-refractivity contribution in [1.82, 2.24) is 5.32 Å². The maximum absolute atomic E-state index is 12.4. The van der Waals surface area contributed by atoms with Gasteiger partial charge in [-0.1, -0.05) is 19.8 Å². The van der Waals surface area contributed by atoms with Crippen LogP contribution in [-0.4, -0.2) is 35.7 Å². The fraction of sp³-hybridized carbons (Fsp3) is 0.875. The average Bonchev–Trinajstić information content (AvgIpc) is 2.70. The molecule has 0 bridgehead atoms. The van der Waals surface area contributed by atoms with E-state index >= 15 is 0 Å². The van der Waals surface area contributed by atoms with E-state index in [1.165, 1.54) is 0 Å². The van der Waals surface area contributed by atoms with Crippen molar-refractivity contribution in [3.8, 4) is 0 Å². The number of carbonyl (C=O) groups excluding carboxylic acids is 1. The van der Waals surface area contributed by atoms with Crippen molar-refractivity contribution in [3.63, 3.8) is 0 Å². The van der Waals surface area contributed by atoms with Crippen LogP contribution in [0.1, 0.15) is 46.5 Å². The summed E-state index contributed by atoms with van der Waals surface area (Å²) in [5, 5.41) is 12.2. The first-order valence-electron chi connectivity index (χ1n) is 8.07. The number of nitrogens with one attached hydrogen (secondary N) is 1. The first-order valence-corrected chi connectivity index (χ1v) is 8.07. The second-order valence-corrected chi connectivity index (χ2v) is 6.67. The summed E-state index contributed by atoms with van der Waals surface area (Å²) in [6, 6.07) is 0. The van der Waals surface area contributed by atoms with E-state index in [1.807, 2.05) is 20.8 Å². The molecule has 21 heavy (non-hydrogen) atoms. The highest BCUT2D eigenvalue weighted by atomic mass is 16.5. The largest absolute Gasteiger partial charge is 0.481 e. The summed E-state index contributed by atoms with van der Waals surface area (Å²) in [5.41, 5.74) is 0. The van der Waals surface area contributed by atoms with Crippen molar-refractivity contribution in [1.29, 1.82) is 0 Å². The lowest BCUT2D eigenvalue weighted by molar-refractivity contribution is -0.145. The second kappa shape index (κ2) is 6.77. The van der Waals surface area contributed by atoms with Crippen molar-refractivity contribution in [3.05, 3.63) is 0 Å². The quantitative estimate of drug-likeness (QED) is 0.833. The maximum Gasteiger partial charge on any atom is 0.306 e. The molecule has 2 rings (SSSR count). The van der Waals surface area contributed by atoms with Crippen LogP contribution in [0.3, 0.4) is 0 Å². The lowest BCUT2D eigenvalue weighted by Gasteiger charge is -2.29. The number of rotatable bonds is 4. The van der Waals surface area contributed by atoms with Gasteiger partial charge in [-0.3, -0.25) is 9.59 Å². The number of carboxylic acids is 1. The molecule has 0 aromatic rings. The summed E-state index contributed by atoms with van der Waals surface area (Å²) in [6.07, 6.45) is 3.67. The van der Waals surface area contributed by atoms with Crippen LogP contribution in [-0.2, 0) is 14.3 Å². The molecule has 6 unspecified atom stereocenters. The molecule has 5 heteroatoms. The highest BCUT2D eigenvalue weighted by molar-refractivity contribution is 5.80. The first kappa shape index (κ1) is 16.3. The van der Waals surface area contributed by atoms with Crippen LogP contribution in [0, 0.1) is 23.7 Å². The number of amides is 1. The predicted octanol–water partition coefficient (Wildman–Crippen LogP) is 2.05. The zero-order chi connectivity index (χ0) is 15.6. The Hall–Kier alpha value is -1.10. The van der Waals surface area contributed by atoms with Gasteiger partial charge in [0.05, 0.1) is 24.0 Å². The Labute approximate surface area is 126 Å². The van der Waals surface area contributed by atoms with Crippen LogP contribution in [0.5, 0.6) is 0 Å². The van der Waals surface area contributed by atoms with E-state index in [1.54, 1.807) is 0 Å². The Bertz CT molecular complexity index is 398. The standard InChI is InChI=1S/C16H27NO4/c1-9-10(2)21-11(3)14(9)15(18)17-8-12-6-4-5-7-13(12)16(19)20/h9-14H,4-8H2,1-3H3,(H,17,18)(H,19,20). The zero-order valence-corrected chi connectivity index (χ0v) is 13.2. The molecule has 1 heterocycles. The van der Waals surface area contributed by atoms with E-state index < -0.39 is 5.97 Å². The average molecular weight is 297 g/mol. The molecule has 0 radical (unpaired) electrons. The Morgan fingerprint density at radius 2 is 1.81 bits per heavy atom. The van der Waals surface area contributed by atoms with E-state index in [2.05, 4.69) is 5.32 Å². The molecule has 2 fully saturated rings. The van der Waals surface area contributed by atoms with Gasteiger partial charge in [0.2, 0.25) is 5.91 Å². The van der Waals surface area contributed by atoms with Gasteiger partial charge < -0.3 is 15.2 Å². The Morgan fingerprint density at radius 3 is 2.38 bits per heavy atom. The normalized spacial score (nSPS) is 40.0. The molecule has 1 saturated heterocycles. The minimum atomic E-state index is -0.728. The summed E-state index contributed by atoms with van der Waals surface area (Å²) in [5.74, 6) is -0.908. The van der Waals surface area contributed by atoms with Crippen molar-refractivity contribution < 1.29 is 19.4 Å². The maximum atomic E-state index is 12.4. The van der Waals surface area contributed by atoms with E-state index in [9.17, 15) is 14.7 Å². The van der Waals surface area contributed by atoms with Crippen LogP contribution >= 0.6 is 0 Å². The van der Waals surface area contributed by atoms with E-state index in [-0.39, 0.29) is 41.8 Å². The highest BCUT2D eigenvalue weighted by Crippen LogP contribution is 2.33. The van der Waals surface area contributed by atoms with Gasteiger partial charge in [0.15, 0.2) is 0 Å². The number of carboxylic acid groups (broad SMARTS) is 1. The SMILES string of the molecule is CC1OC(C)C(C(=O)NCC2CCCCC2C(=O)O)C1C. The lowest BCUT2D eigenvalue weighted by atomic mass is 9.79. The smallest absolute Gasteiger partial charge is 0.306 e. The van der Waals surface area contributed by atoms with Crippen molar-refractivity contribution in [2.24, 2.45) is 23.7 Å². The molecule has 6 atom stereocenters. The summed E-state index contributed by atoms with van der Waals surface area (Å²) in [7, 11) is 0. The lowest BCUT2D eigenvalue weighted by Crippen LogP contribution is -2.42. The molecular weight excluding hydrogens is 270 g/mol. The Balaban J connectivity index is 1.89. The molecule has 1 amide bonds. The topological polar surface area (TPSA) is 75.6 Å². The van der Waals surface area contributed by atoms with Crippen molar-refractivity contribution >= 4 is 11.9 Å². The molecule has 120 valence electrons. The first-order chi connectivity index (χ1) is 9.91. The summed E-state index contributed by atoms with van der Waals surface area (Å²) in [4.78, 5) is 23.7. The minimum Gasteiger partial charge on any atom is -0.481 e.